The van der Waals surface area contributed by atoms with Crippen LogP contribution in [-0.2, 0) is 19.0 Å². The number of benzene rings is 2. The van der Waals surface area contributed by atoms with Gasteiger partial charge in [0.1, 0.15) is 17.3 Å². The SMILES string of the molecule is C=Cc1cc(C(=O)Nc2ccc(C(=N)NC(=O)OCCCCCC)cc2)c(-c2ccc(C(=O)NCC3CC3)nc2C(=O)OC(OC(=O)C(C)(C)C)C(C)C)cc1OC. The van der Waals surface area contributed by atoms with Gasteiger partial charge < -0.3 is 29.6 Å². The summed E-state index contributed by atoms with van der Waals surface area (Å²) < 4.78 is 22.2. The minimum Gasteiger partial charge on any atom is -0.496 e. The third-order valence-corrected chi connectivity index (χ3v) is 9.19. The van der Waals surface area contributed by atoms with E-state index in [1.807, 2.05) is 0 Å². The smallest absolute Gasteiger partial charge is 0.412 e. The Hall–Kier alpha value is -6.05. The molecule has 1 aromatic heterocycles. The summed E-state index contributed by atoms with van der Waals surface area (Å²) in [6.45, 7) is 15.2. The fourth-order valence-corrected chi connectivity index (χ4v) is 5.51. The van der Waals surface area contributed by atoms with Crippen molar-refractivity contribution in [3.05, 3.63) is 83.2 Å². The number of alkyl carbamates (subject to hydrolysis) is 1. The highest BCUT2D eigenvalue weighted by Crippen LogP contribution is 2.35. The van der Waals surface area contributed by atoms with E-state index in [2.05, 4.69) is 34.4 Å². The number of nitrogens with one attached hydrogen (secondary N) is 4. The second kappa shape index (κ2) is 20.4. The number of hydrogen-bond acceptors (Lipinski definition) is 11. The fraction of sp³-hybridized carbons (Fsp3) is 0.432. The molecule has 14 heteroatoms. The molecule has 14 nitrogen and oxygen atoms in total. The van der Waals surface area contributed by atoms with Crippen molar-refractivity contribution in [1.29, 1.82) is 5.41 Å². The normalized spacial score (nSPS) is 12.8. The molecule has 2 aromatic carbocycles. The second-order valence-corrected chi connectivity index (χ2v) is 15.5. The van der Waals surface area contributed by atoms with Crippen LogP contribution < -0.4 is 20.7 Å². The van der Waals surface area contributed by atoms with E-state index in [0.717, 1.165) is 38.5 Å². The molecule has 0 saturated heterocycles. The Morgan fingerprint density at radius 1 is 0.948 bits per heavy atom. The molecular formula is C44H55N5O9. The van der Waals surface area contributed by atoms with Crippen LogP contribution in [0.1, 0.15) is 123 Å². The largest absolute Gasteiger partial charge is 0.496 e. The number of amidine groups is 1. The number of rotatable bonds is 18. The van der Waals surface area contributed by atoms with Gasteiger partial charge in [-0.1, -0.05) is 52.7 Å². The van der Waals surface area contributed by atoms with Crippen LogP contribution in [-0.4, -0.2) is 67.2 Å². The summed E-state index contributed by atoms with van der Waals surface area (Å²) in [6, 6.07) is 12.3. The second-order valence-electron chi connectivity index (χ2n) is 15.5. The van der Waals surface area contributed by atoms with Crippen LogP contribution >= 0.6 is 0 Å². The highest BCUT2D eigenvalue weighted by atomic mass is 16.7. The molecule has 0 spiro atoms. The zero-order chi connectivity index (χ0) is 42.6. The number of hydrogen-bond donors (Lipinski definition) is 4. The Kier molecular flexibility index (Phi) is 15.7. The molecule has 3 amide bonds. The fourth-order valence-electron chi connectivity index (χ4n) is 5.51. The number of nitrogens with zero attached hydrogens (tertiary/aromatic N) is 1. The molecule has 1 unspecified atom stereocenters. The molecule has 0 aliphatic heterocycles. The van der Waals surface area contributed by atoms with Gasteiger partial charge in [0.25, 0.3) is 11.8 Å². The molecule has 0 radical (unpaired) electrons. The first kappa shape index (κ1) is 44.7. The number of carbonyl (C=O) groups is 5. The zero-order valence-corrected chi connectivity index (χ0v) is 34.4. The predicted octanol–water partition coefficient (Wildman–Crippen LogP) is 8.15. The van der Waals surface area contributed by atoms with Crippen molar-refractivity contribution >= 4 is 47.4 Å². The predicted molar refractivity (Wildman–Crippen MR) is 221 cm³/mol. The number of pyridine rings is 1. The van der Waals surface area contributed by atoms with Crippen molar-refractivity contribution in [1.82, 2.24) is 15.6 Å². The van der Waals surface area contributed by atoms with E-state index in [0.29, 0.717) is 35.0 Å². The van der Waals surface area contributed by atoms with Gasteiger partial charge in [0.2, 0.25) is 6.29 Å². The number of anilines is 1. The summed E-state index contributed by atoms with van der Waals surface area (Å²) in [4.78, 5) is 71.0. The topological polar surface area (TPSA) is 195 Å². The van der Waals surface area contributed by atoms with Gasteiger partial charge in [0.15, 0.2) is 5.69 Å². The summed E-state index contributed by atoms with van der Waals surface area (Å²) in [6.07, 6.45) is 5.34. The standard InChI is InChI=1S/C44H55N5O9/c1-9-11-12-13-22-56-43(54)49-37(45)29-16-18-30(19-17-29)47-38(50)33-23-28(10-2)35(55-8)24-32(33)31-20-21-34(39(51)46-25-27-14-15-27)48-36(31)40(52)57-41(26(3)4)58-42(53)44(5,6)7/h10,16-21,23-24,26-27,41H,2,9,11-15,22,25H2,1,3-8H3,(H,46,51)(H,47,50)(H2,45,49,54). The van der Waals surface area contributed by atoms with Gasteiger partial charge in [-0.05, 0) is 94.5 Å². The third-order valence-electron chi connectivity index (χ3n) is 9.19. The lowest BCUT2D eigenvalue weighted by atomic mass is 9.94. The van der Waals surface area contributed by atoms with E-state index >= 15 is 0 Å². The van der Waals surface area contributed by atoms with Gasteiger partial charge in [-0.15, -0.1) is 0 Å². The van der Waals surface area contributed by atoms with Crippen molar-refractivity contribution in [3.63, 3.8) is 0 Å². The van der Waals surface area contributed by atoms with Gasteiger partial charge >= 0.3 is 18.0 Å². The molecule has 4 rings (SSSR count). The number of unbranched alkanes of at least 4 members (excludes halogenated alkanes) is 3. The maximum Gasteiger partial charge on any atom is 0.412 e. The number of aromatic nitrogens is 1. The Bertz CT molecular complexity index is 2000. The quantitative estimate of drug-likeness (QED) is 0.0321. The van der Waals surface area contributed by atoms with Gasteiger partial charge in [-0.25, -0.2) is 14.6 Å². The van der Waals surface area contributed by atoms with Gasteiger partial charge in [0.05, 0.1) is 19.1 Å². The first-order valence-electron chi connectivity index (χ1n) is 19.6. The Morgan fingerprint density at radius 3 is 2.26 bits per heavy atom. The van der Waals surface area contributed by atoms with Crippen molar-refractivity contribution < 1.29 is 42.9 Å². The lowest BCUT2D eigenvalue weighted by Gasteiger charge is -2.25. The van der Waals surface area contributed by atoms with Crippen LogP contribution in [0.3, 0.4) is 0 Å². The first-order valence-corrected chi connectivity index (χ1v) is 19.6. The molecular weight excluding hydrogens is 743 g/mol. The van der Waals surface area contributed by atoms with Crippen molar-refractivity contribution in [2.24, 2.45) is 17.3 Å². The highest BCUT2D eigenvalue weighted by molar-refractivity contribution is 6.11. The van der Waals surface area contributed by atoms with Gasteiger partial charge in [-0.2, -0.15) is 0 Å². The first-order chi connectivity index (χ1) is 27.6. The number of carbonyl (C=O) groups excluding carboxylic acids is 5. The zero-order valence-electron chi connectivity index (χ0n) is 34.4. The maximum absolute atomic E-state index is 14.1. The molecule has 3 aromatic rings. The molecule has 58 heavy (non-hydrogen) atoms. The number of esters is 2. The molecule has 4 N–H and O–H groups in total. The average Bonchev–Trinajstić information content (AvgIpc) is 4.03. The third kappa shape index (κ3) is 12.5. The summed E-state index contributed by atoms with van der Waals surface area (Å²) in [7, 11) is 1.45. The van der Waals surface area contributed by atoms with Crippen LogP contribution in [0.4, 0.5) is 10.5 Å². The summed E-state index contributed by atoms with van der Waals surface area (Å²) in [5.41, 5.74) is 0.440. The average molecular weight is 798 g/mol. The van der Waals surface area contributed by atoms with Gasteiger partial charge in [0, 0.05) is 46.0 Å². The number of ether oxygens (including phenoxy) is 4. The number of methoxy groups -OCH3 is 1. The van der Waals surface area contributed by atoms with E-state index < -0.39 is 47.5 Å². The van der Waals surface area contributed by atoms with Gasteiger partial charge in [-0.3, -0.25) is 25.1 Å². The number of amides is 3. The molecule has 1 aliphatic rings. The summed E-state index contributed by atoms with van der Waals surface area (Å²) in [5, 5.41) is 16.4. The van der Waals surface area contributed by atoms with E-state index in [1.165, 1.54) is 25.3 Å². The molecule has 1 aliphatic carbocycles. The molecule has 0 bridgehead atoms. The van der Waals surface area contributed by atoms with Crippen LogP contribution in [0.2, 0.25) is 0 Å². The van der Waals surface area contributed by atoms with Crippen LogP contribution in [0.15, 0.2) is 55.1 Å². The van der Waals surface area contributed by atoms with E-state index in [4.69, 9.17) is 24.4 Å². The molecule has 1 heterocycles. The molecule has 1 fully saturated rings. The minimum absolute atomic E-state index is 0.0507. The lowest BCUT2D eigenvalue weighted by molar-refractivity contribution is -0.184. The monoisotopic (exact) mass is 797 g/mol. The van der Waals surface area contributed by atoms with Crippen molar-refractivity contribution in [2.75, 3.05) is 25.6 Å². The Labute approximate surface area is 340 Å². The maximum atomic E-state index is 14.1. The Morgan fingerprint density at radius 2 is 1.66 bits per heavy atom. The summed E-state index contributed by atoms with van der Waals surface area (Å²) >= 11 is 0. The van der Waals surface area contributed by atoms with E-state index in [1.54, 1.807) is 71.0 Å². The summed E-state index contributed by atoms with van der Waals surface area (Å²) in [5.74, 6) is -2.54. The lowest BCUT2D eigenvalue weighted by Crippen LogP contribution is -2.34. The van der Waals surface area contributed by atoms with Crippen molar-refractivity contribution in [2.45, 2.75) is 86.4 Å². The van der Waals surface area contributed by atoms with Crippen molar-refractivity contribution in [3.8, 4) is 16.9 Å². The van der Waals surface area contributed by atoms with Crippen LogP contribution in [0.25, 0.3) is 17.2 Å². The van der Waals surface area contributed by atoms with E-state index in [-0.39, 0.29) is 40.5 Å². The molecule has 1 saturated carbocycles. The van der Waals surface area contributed by atoms with Crippen LogP contribution in [0.5, 0.6) is 5.75 Å². The minimum atomic E-state index is -1.29. The van der Waals surface area contributed by atoms with E-state index in [9.17, 15) is 24.0 Å². The highest BCUT2D eigenvalue weighted by Gasteiger charge is 2.32. The molecule has 310 valence electrons. The van der Waals surface area contributed by atoms with Crippen LogP contribution in [0, 0.1) is 22.7 Å². The molecule has 1 atom stereocenters. The Balaban J connectivity index is 1.68.